The molecule has 1 atom stereocenters. The van der Waals surface area contributed by atoms with Crippen molar-refractivity contribution in [3.05, 3.63) is 0 Å². The second-order valence-electron chi connectivity index (χ2n) is 5.69. The Morgan fingerprint density at radius 3 is 2.65 bits per heavy atom. The highest BCUT2D eigenvalue weighted by Gasteiger charge is 2.53. The quantitative estimate of drug-likeness (QED) is 0.783. The number of thioether (sulfide) groups is 1. The molecule has 1 heterocycles. The van der Waals surface area contributed by atoms with E-state index in [1.807, 2.05) is 6.92 Å². The first-order valence-corrected chi connectivity index (χ1v) is 9.75. The van der Waals surface area contributed by atoms with Crippen molar-refractivity contribution in [2.45, 2.75) is 32.1 Å². The lowest BCUT2D eigenvalue weighted by atomic mass is 9.62. The van der Waals surface area contributed by atoms with Crippen LogP contribution in [0.1, 0.15) is 26.7 Å². The van der Waals surface area contributed by atoms with Crippen molar-refractivity contribution in [3.8, 4) is 6.07 Å². The highest BCUT2D eigenvalue weighted by Crippen LogP contribution is 2.47. The minimum atomic E-state index is -3.31. The molecule has 1 saturated carbocycles. The molecule has 112 valence electrons. The molecule has 2 rings (SSSR count). The lowest BCUT2D eigenvalue weighted by Gasteiger charge is -2.45. The van der Waals surface area contributed by atoms with Crippen LogP contribution in [0.4, 0.5) is 0 Å². The molecule has 1 amide bonds. The second kappa shape index (κ2) is 5.57. The smallest absolute Gasteiger partial charge is 0.244 e. The first-order chi connectivity index (χ1) is 9.36. The summed E-state index contributed by atoms with van der Waals surface area (Å²) in [6, 6.07) is 2.14. The molecule has 1 aliphatic carbocycles. The van der Waals surface area contributed by atoms with E-state index in [0.29, 0.717) is 31.1 Å². The van der Waals surface area contributed by atoms with Gasteiger partial charge >= 0.3 is 0 Å². The van der Waals surface area contributed by atoms with Gasteiger partial charge in [0, 0.05) is 23.8 Å². The van der Waals surface area contributed by atoms with Crippen LogP contribution in [0.15, 0.2) is 0 Å². The SMILES string of the molecule is CCS(=O)(=O)C1CSCCN1C(=O)C1(C#N)CC(C)C1. The molecule has 0 aromatic heterocycles. The van der Waals surface area contributed by atoms with Gasteiger partial charge in [0.2, 0.25) is 5.91 Å². The van der Waals surface area contributed by atoms with Gasteiger partial charge in [-0.2, -0.15) is 17.0 Å². The van der Waals surface area contributed by atoms with E-state index in [1.54, 1.807) is 18.7 Å². The van der Waals surface area contributed by atoms with Crippen LogP contribution < -0.4 is 0 Å². The number of carbonyl (C=O) groups excluding carboxylic acids is 1. The molecule has 1 unspecified atom stereocenters. The normalized spacial score (nSPS) is 34.1. The number of nitrogens with zero attached hydrogens (tertiary/aromatic N) is 2. The van der Waals surface area contributed by atoms with Crippen LogP contribution >= 0.6 is 11.8 Å². The van der Waals surface area contributed by atoms with Crippen molar-refractivity contribution < 1.29 is 13.2 Å². The second-order valence-corrected chi connectivity index (χ2v) is 9.28. The van der Waals surface area contributed by atoms with E-state index in [1.165, 1.54) is 4.90 Å². The summed E-state index contributed by atoms with van der Waals surface area (Å²) >= 11 is 1.55. The van der Waals surface area contributed by atoms with E-state index in [0.717, 1.165) is 5.75 Å². The fourth-order valence-corrected chi connectivity index (χ4v) is 5.99. The zero-order valence-electron chi connectivity index (χ0n) is 11.8. The van der Waals surface area contributed by atoms with Crippen molar-refractivity contribution in [1.29, 1.82) is 5.26 Å². The van der Waals surface area contributed by atoms with E-state index in [2.05, 4.69) is 6.07 Å². The molecule has 1 aliphatic heterocycles. The molecule has 0 radical (unpaired) electrons. The lowest BCUT2D eigenvalue weighted by Crippen LogP contribution is -2.57. The molecule has 0 N–H and O–H groups in total. The molecule has 5 nitrogen and oxygen atoms in total. The fourth-order valence-electron chi connectivity index (χ4n) is 3.02. The monoisotopic (exact) mass is 316 g/mol. The van der Waals surface area contributed by atoms with Gasteiger partial charge in [-0.15, -0.1) is 0 Å². The Morgan fingerprint density at radius 2 is 2.15 bits per heavy atom. The van der Waals surface area contributed by atoms with Crippen molar-refractivity contribution >= 4 is 27.5 Å². The summed E-state index contributed by atoms with van der Waals surface area (Å²) in [4.78, 5) is 14.1. The van der Waals surface area contributed by atoms with E-state index < -0.39 is 20.6 Å². The van der Waals surface area contributed by atoms with Crippen LogP contribution in [0, 0.1) is 22.7 Å². The molecular weight excluding hydrogens is 296 g/mol. The Balaban J connectivity index is 2.25. The van der Waals surface area contributed by atoms with Crippen LogP contribution in [-0.2, 0) is 14.6 Å². The number of amides is 1. The summed E-state index contributed by atoms with van der Waals surface area (Å²) in [5, 5.41) is 8.59. The maximum Gasteiger partial charge on any atom is 0.244 e. The molecule has 0 spiro atoms. The van der Waals surface area contributed by atoms with Crippen molar-refractivity contribution in [1.82, 2.24) is 4.90 Å². The average molecular weight is 316 g/mol. The standard InChI is InChI=1S/C13H20N2O3S2/c1-3-20(17,18)11-8-19-5-4-15(11)12(16)13(9-14)6-10(2)7-13/h10-11H,3-8H2,1-2H3. The van der Waals surface area contributed by atoms with Gasteiger partial charge in [-0.1, -0.05) is 13.8 Å². The maximum atomic E-state index is 12.7. The number of hydrogen-bond acceptors (Lipinski definition) is 5. The summed E-state index contributed by atoms with van der Waals surface area (Å²) < 4.78 is 24.3. The molecule has 0 aromatic carbocycles. The molecule has 0 bridgehead atoms. The minimum absolute atomic E-state index is 0.0258. The fraction of sp³-hybridized carbons (Fsp3) is 0.846. The number of rotatable bonds is 3. The van der Waals surface area contributed by atoms with E-state index in [9.17, 15) is 18.5 Å². The van der Waals surface area contributed by atoms with Crippen LogP contribution in [-0.4, -0.2) is 48.4 Å². The van der Waals surface area contributed by atoms with E-state index in [4.69, 9.17) is 0 Å². The molecule has 0 aromatic rings. The highest BCUT2D eigenvalue weighted by molar-refractivity contribution is 8.01. The Bertz CT molecular complexity index is 532. The summed E-state index contributed by atoms with van der Waals surface area (Å²) in [7, 11) is -3.31. The third kappa shape index (κ3) is 2.56. The Hall–Kier alpha value is -0.740. The van der Waals surface area contributed by atoms with Crippen LogP contribution in [0.2, 0.25) is 0 Å². The maximum absolute atomic E-state index is 12.7. The Kier molecular flexibility index (Phi) is 4.35. The van der Waals surface area contributed by atoms with Crippen LogP contribution in [0.25, 0.3) is 0 Å². The number of hydrogen-bond donors (Lipinski definition) is 0. The predicted octanol–water partition coefficient (Wildman–Crippen LogP) is 1.26. The zero-order chi connectivity index (χ0) is 15.0. The minimum Gasteiger partial charge on any atom is -0.323 e. The molecule has 20 heavy (non-hydrogen) atoms. The van der Waals surface area contributed by atoms with Crippen molar-refractivity contribution in [2.24, 2.45) is 11.3 Å². The van der Waals surface area contributed by atoms with Gasteiger partial charge in [-0.25, -0.2) is 8.42 Å². The average Bonchev–Trinajstić information content (AvgIpc) is 2.43. The molecular formula is C13H20N2O3S2. The third-order valence-corrected chi connectivity index (χ3v) is 7.47. The van der Waals surface area contributed by atoms with Gasteiger partial charge < -0.3 is 4.90 Å². The van der Waals surface area contributed by atoms with Gasteiger partial charge in [-0.3, -0.25) is 4.79 Å². The predicted molar refractivity (Wildman–Crippen MR) is 78.7 cm³/mol. The first-order valence-electron chi connectivity index (χ1n) is 6.88. The Morgan fingerprint density at radius 1 is 1.50 bits per heavy atom. The van der Waals surface area contributed by atoms with Crippen molar-refractivity contribution in [3.63, 3.8) is 0 Å². The lowest BCUT2D eigenvalue weighted by molar-refractivity contribution is -0.145. The summed E-state index contributed by atoms with van der Waals surface area (Å²) in [5.41, 5.74) is -0.983. The summed E-state index contributed by atoms with van der Waals surface area (Å²) in [5.74, 6) is 1.26. The van der Waals surface area contributed by atoms with Gasteiger partial charge in [0.1, 0.15) is 10.8 Å². The largest absolute Gasteiger partial charge is 0.323 e. The zero-order valence-corrected chi connectivity index (χ0v) is 13.5. The summed E-state index contributed by atoms with van der Waals surface area (Å²) in [6.07, 6.45) is 1.09. The molecule has 2 fully saturated rings. The topological polar surface area (TPSA) is 78.2 Å². The van der Waals surface area contributed by atoms with E-state index in [-0.39, 0.29) is 11.7 Å². The van der Waals surface area contributed by atoms with Gasteiger partial charge in [0.25, 0.3) is 0 Å². The van der Waals surface area contributed by atoms with Crippen LogP contribution in [0.5, 0.6) is 0 Å². The highest BCUT2D eigenvalue weighted by atomic mass is 32.2. The molecule has 7 heteroatoms. The molecule has 2 aliphatic rings. The van der Waals surface area contributed by atoms with Crippen molar-refractivity contribution in [2.75, 3.05) is 23.8 Å². The van der Waals surface area contributed by atoms with Gasteiger partial charge in [0.05, 0.1) is 6.07 Å². The van der Waals surface area contributed by atoms with E-state index >= 15 is 0 Å². The van der Waals surface area contributed by atoms with Gasteiger partial charge in [-0.05, 0) is 18.8 Å². The number of nitriles is 1. The third-order valence-electron chi connectivity index (χ3n) is 4.18. The van der Waals surface area contributed by atoms with Crippen LogP contribution in [0.3, 0.4) is 0 Å². The van der Waals surface area contributed by atoms with Gasteiger partial charge in [0.15, 0.2) is 9.84 Å². The first kappa shape index (κ1) is 15.6. The number of carbonyl (C=O) groups is 1. The Labute approximate surface area is 124 Å². The number of sulfone groups is 1. The summed E-state index contributed by atoms with van der Waals surface area (Å²) in [6.45, 7) is 4.03. The molecule has 1 saturated heterocycles.